The number of ether oxygens (including phenoxy) is 1. The minimum Gasteiger partial charge on any atom is -0.466 e. The molecular weight excluding hydrogens is 152 g/mol. The largest absolute Gasteiger partial charge is 0.466 e. The highest BCUT2D eigenvalue weighted by Gasteiger charge is 1.98. The van der Waals surface area contributed by atoms with E-state index in [4.69, 9.17) is 8.85 Å². The molecule has 0 saturated heterocycles. The second-order valence-corrected chi connectivity index (χ2v) is 2.78. The van der Waals surface area contributed by atoms with Crippen LogP contribution in [0.2, 0.25) is 0 Å². The fourth-order valence-electron chi connectivity index (χ4n) is 0.866. The van der Waals surface area contributed by atoms with Gasteiger partial charge in [-0.15, -0.1) is 0 Å². The van der Waals surface area contributed by atoms with Gasteiger partial charge in [0, 0.05) is 10.5 Å². The van der Waals surface area contributed by atoms with E-state index in [0.29, 0.717) is 19.4 Å². The second kappa shape index (κ2) is 8.57. The molecule has 0 unspecified atom stereocenters. The molecule has 12 heavy (non-hydrogen) atoms. The summed E-state index contributed by atoms with van der Waals surface area (Å²) in [7, 11) is 0. The lowest BCUT2D eigenvalue weighted by molar-refractivity contribution is -0.143. The summed E-state index contributed by atoms with van der Waals surface area (Å²) in [5.41, 5.74) is 0. The van der Waals surface area contributed by atoms with Gasteiger partial charge in [0.15, 0.2) is 0 Å². The molecule has 0 aliphatic rings. The van der Waals surface area contributed by atoms with E-state index >= 15 is 0 Å². The molecule has 2 heteroatoms. The van der Waals surface area contributed by atoms with E-state index in [1.165, 1.54) is 0 Å². The van der Waals surface area contributed by atoms with Crippen LogP contribution in [0.5, 0.6) is 0 Å². The van der Waals surface area contributed by atoms with Crippen molar-refractivity contribution < 1.29 is 13.6 Å². The van der Waals surface area contributed by atoms with E-state index < -0.39 is 6.85 Å². The van der Waals surface area contributed by atoms with Crippen LogP contribution < -0.4 is 0 Å². The fourth-order valence-corrected chi connectivity index (χ4v) is 0.866. The van der Waals surface area contributed by atoms with Gasteiger partial charge in [-0.25, -0.2) is 0 Å². The Morgan fingerprint density at radius 2 is 2.17 bits per heavy atom. The average molecular weight is 175 g/mol. The number of carbonyl (C=O) groups is 1. The minimum absolute atomic E-state index is 0.159. The molecule has 0 aromatic rings. The number of unbranched alkanes of at least 4 members (excludes halogenated alkanes) is 2. The first-order valence-corrected chi connectivity index (χ1v) is 4.61. The predicted octanol–water partition coefficient (Wildman–Crippen LogP) is 2.91. The SMILES string of the molecule is [2H]C([2H])([2H])CCCCCOC(=O)CCC. The molecule has 0 aromatic carbocycles. The zero-order valence-corrected chi connectivity index (χ0v) is 7.77. The molecule has 0 heterocycles. The van der Waals surface area contributed by atoms with Crippen molar-refractivity contribution in [3.8, 4) is 0 Å². The average Bonchev–Trinajstić information content (AvgIpc) is 2.09. The van der Waals surface area contributed by atoms with Crippen molar-refractivity contribution in [2.75, 3.05) is 6.61 Å². The topological polar surface area (TPSA) is 26.3 Å². The van der Waals surface area contributed by atoms with E-state index in [2.05, 4.69) is 0 Å². The smallest absolute Gasteiger partial charge is 0.305 e. The van der Waals surface area contributed by atoms with Gasteiger partial charge < -0.3 is 4.74 Å². The van der Waals surface area contributed by atoms with Gasteiger partial charge in [-0.1, -0.05) is 33.0 Å². The standard InChI is InChI=1S/C10H20O2/c1-3-5-6-7-9-12-10(11)8-4-2/h3-9H2,1-2H3/i1D3. The van der Waals surface area contributed by atoms with E-state index in [0.717, 1.165) is 19.3 Å². The van der Waals surface area contributed by atoms with Crippen molar-refractivity contribution in [3.05, 3.63) is 0 Å². The Labute approximate surface area is 79.5 Å². The fraction of sp³-hybridized carbons (Fsp3) is 0.900. The van der Waals surface area contributed by atoms with E-state index in [1.807, 2.05) is 6.92 Å². The highest BCUT2D eigenvalue weighted by molar-refractivity contribution is 5.69. The number of carbonyl (C=O) groups excluding carboxylic acids is 1. The van der Waals surface area contributed by atoms with Gasteiger partial charge in [0.25, 0.3) is 0 Å². The monoisotopic (exact) mass is 175 g/mol. The third-order valence-electron chi connectivity index (χ3n) is 1.54. The molecule has 0 aromatic heterocycles. The van der Waals surface area contributed by atoms with Crippen LogP contribution >= 0.6 is 0 Å². The number of hydrogen-bond acceptors (Lipinski definition) is 2. The van der Waals surface area contributed by atoms with Crippen molar-refractivity contribution in [2.24, 2.45) is 0 Å². The second-order valence-electron chi connectivity index (χ2n) is 2.78. The number of esters is 1. The zero-order valence-electron chi connectivity index (χ0n) is 10.8. The Morgan fingerprint density at radius 1 is 1.33 bits per heavy atom. The molecular formula is C10H20O2. The third kappa shape index (κ3) is 7.58. The highest BCUT2D eigenvalue weighted by Crippen LogP contribution is 2.00. The van der Waals surface area contributed by atoms with Crippen LogP contribution in [0.4, 0.5) is 0 Å². The molecule has 0 atom stereocenters. The van der Waals surface area contributed by atoms with Gasteiger partial charge in [-0.05, 0) is 12.8 Å². The van der Waals surface area contributed by atoms with E-state index in [1.54, 1.807) is 0 Å². The first-order chi connectivity index (χ1) is 6.95. The van der Waals surface area contributed by atoms with Crippen LogP contribution in [0.25, 0.3) is 0 Å². The van der Waals surface area contributed by atoms with Gasteiger partial charge >= 0.3 is 5.97 Å². The first-order valence-electron chi connectivity index (χ1n) is 6.11. The summed E-state index contributed by atoms with van der Waals surface area (Å²) in [6.07, 6.45) is 3.74. The zero-order chi connectivity index (χ0) is 11.7. The van der Waals surface area contributed by atoms with Crippen molar-refractivity contribution in [3.63, 3.8) is 0 Å². The maximum Gasteiger partial charge on any atom is 0.305 e. The van der Waals surface area contributed by atoms with E-state index in [9.17, 15) is 4.79 Å². The van der Waals surface area contributed by atoms with Crippen molar-refractivity contribution >= 4 is 5.97 Å². The molecule has 0 radical (unpaired) electrons. The van der Waals surface area contributed by atoms with Crippen LogP contribution in [0, 0.1) is 0 Å². The first kappa shape index (κ1) is 6.93. The molecule has 0 N–H and O–H groups in total. The predicted molar refractivity (Wildman–Crippen MR) is 50.0 cm³/mol. The summed E-state index contributed by atoms with van der Waals surface area (Å²) in [5, 5.41) is 0. The molecule has 0 amide bonds. The molecule has 2 nitrogen and oxygen atoms in total. The van der Waals surface area contributed by atoms with Crippen molar-refractivity contribution in [1.29, 1.82) is 0 Å². The molecule has 0 aliphatic carbocycles. The lowest BCUT2D eigenvalue weighted by Gasteiger charge is -2.02. The molecule has 0 aliphatic heterocycles. The minimum atomic E-state index is -1.82. The van der Waals surface area contributed by atoms with Gasteiger partial charge in [-0.3, -0.25) is 4.79 Å². The van der Waals surface area contributed by atoms with Crippen LogP contribution in [-0.4, -0.2) is 12.6 Å². The Hall–Kier alpha value is -0.530. The number of hydrogen-bond donors (Lipinski definition) is 0. The summed E-state index contributed by atoms with van der Waals surface area (Å²) < 4.78 is 25.9. The Kier molecular flexibility index (Phi) is 4.95. The summed E-state index contributed by atoms with van der Waals surface area (Å²) in [4.78, 5) is 10.9. The Bertz CT molecular complexity index is 178. The Morgan fingerprint density at radius 3 is 2.83 bits per heavy atom. The highest BCUT2D eigenvalue weighted by atomic mass is 16.5. The molecule has 72 valence electrons. The molecule has 0 fully saturated rings. The summed E-state index contributed by atoms with van der Waals surface area (Å²) in [5.74, 6) is -0.159. The molecule has 0 saturated carbocycles. The normalized spacial score (nSPS) is 14.6. The molecule has 0 rings (SSSR count). The summed E-state index contributed by atoms with van der Waals surface area (Å²) in [6.45, 7) is 0.524. The maximum absolute atomic E-state index is 10.9. The summed E-state index contributed by atoms with van der Waals surface area (Å²) >= 11 is 0. The van der Waals surface area contributed by atoms with Crippen LogP contribution in [-0.2, 0) is 9.53 Å². The maximum atomic E-state index is 10.9. The molecule has 0 bridgehead atoms. The van der Waals surface area contributed by atoms with Crippen molar-refractivity contribution in [2.45, 2.75) is 52.3 Å². The van der Waals surface area contributed by atoms with Crippen LogP contribution in [0.3, 0.4) is 0 Å². The number of rotatable bonds is 7. The van der Waals surface area contributed by atoms with Crippen LogP contribution in [0.15, 0.2) is 0 Å². The van der Waals surface area contributed by atoms with E-state index in [-0.39, 0.29) is 12.4 Å². The van der Waals surface area contributed by atoms with Gasteiger partial charge in [0.2, 0.25) is 0 Å². The van der Waals surface area contributed by atoms with Gasteiger partial charge in [0.1, 0.15) is 0 Å². The van der Waals surface area contributed by atoms with Gasteiger partial charge in [-0.2, -0.15) is 0 Å². The lowest BCUT2D eigenvalue weighted by atomic mass is 10.2. The van der Waals surface area contributed by atoms with Crippen molar-refractivity contribution in [1.82, 2.24) is 0 Å². The lowest BCUT2D eigenvalue weighted by Crippen LogP contribution is -2.04. The summed E-state index contributed by atoms with van der Waals surface area (Å²) in [6, 6.07) is 0. The Balaban J connectivity index is 3.22. The third-order valence-corrected chi connectivity index (χ3v) is 1.54. The molecule has 0 spiro atoms. The van der Waals surface area contributed by atoms with Gasteiger partial charge in [0.05, 0.1) is 6.61 Å². The quantitative estimate of drug-likeness (QED) is 0.439. The van der Waals surface area contributed by atoms with Crippen LogP contribution in [0.1, 0.15) is 56.4 Å².